The summed E-state index contributed by atoms with van der Waals surface area (Å²) in [4.78, 5) is 7.49. The number of hydrogen-bond donors (Lipinski definition) is 1. The molecular weight excluding hydrogens is 196 g/mol. The van der Waals surface area contributed by atoms with Crippen LogP contribution in [0.1, 0.15) is 37.4 Å². The van der Waals surface area contributed by atoms with E-state index in [4.69, 9.17) is 17.0 Å². The number of aromatic amines is 1. The molecule has 14 heavy (non-hydrogen) atoms. The molecule has 1 aliphatic carbocycles. The van der Waals surface area contributed by atoms with Gasteiger partial charge in [0, 0.05) is 5.92 Å². The molecule has 0 bridgehead atoms. The topological polar surface area (TPSA) is 37.9 Å². The van der Waals surface area contributed by atoms with Gasteiger partial charge in [0.25, 0.3) is 0 Å². The average Bonchev–Trinajstić information content (AvgIpc) is 2.70. The third-order valence-corrected chi connectivity index (χ3v) is 3.05. The smallest absolute Gasteiger partial charge is 0.171 e. The first-order valence-electron chi connectivity index (χ1n) is 4.94. The first-order chi connectivity index (χ1) is 6.81. The second-order valence-electron chi connectivity index (χ2n) is 3.65. The molecule has 1 fully saturated rings. The van der Waals surface area contributed by atoms with Gasteiger partial charge in [-0.25, -0.2) is 4.98 Å². The fourth-order valence-corrected chi connectivity index (χ4v) is 2.19. The summed E-state index contributed by atoms with van der Waals surface area (Å²) in [5.74, 6) is 2.25. The van der Waals surface area contributed by atoms with Crippen molar-refractivity contribution in [1.82, 2.24) is 9.97 Å². The fourth-order valence-electron chi connectivity index (χ4n) is 1.95. The third-order valence-electron chi connectivity index (χ3n) is 2.75. The molecular formula is C10H14N2OS. The van der Waals surface area contributed by atoms with Gasteiger partial charge in [-0.3, -0.25) is 0 Å². The Bertz CT molecular complexity index is 369. The van der Waals surface area contributed by atoms with Crippen LogP contribution in [0, 0.1) is 4.64 Å². The van der Waals surface area contributed by atoms with Crippen molar-refractivity contribution >= 4 is 12.2 Å². The van der Waals surface area contributed by atoms with Crippen LogP contribution >= 0.6 is 12.2 Å². The molecule has 4 heteroatoms. The van der Waals surface area contributed by atoms with E-state index in [9.17, 15) is 0 Å². The Morgan fingerprint density at radius 2 is 2.21 bits per heavy atom. The van der Waals surface area contributed by atoms with Crippen LogP contribution in [-0.4, -0.2) is 17.1 Å². The number of nitrogens with zero attached hydrogens (tertiary/aromatic N) is 1. The Morgan fingerprint density at radius 1 is 1.50 bits per heavy atom. The highest BCUT2D eigenvalue weighted by atomic mass is 32.1. The maximum absolute atomic E-state index is 5.15. The molecule has 0 amide bonds. The second-order valence-corrected chi connectivity index (χ2v) is 4.06. The van der Waals surface area contributed by atoms with E-state index in [2.05, 4.69) is 9.97 Å². The summed E-state index contributed by atoms with van der Waals surface area (Å²) in [6.45, 7) is 0. The molecule has 0 atom stereocenters. The van der Waals surface area contributed by atoms with Gasteiger partial charge in [-0.2, -0.15) is 0 Å². The van der Waals surface area contributed by atoms with Crippen LogP contribution in [0.3, 0.4) is 0 Å². The van der Waals surface area contributed by atoms with Gasteiger partial charge in [0.1, 0.15) is 10.5 Å². The average molecular weight is 210 g/mol. The van der Waals surface area contributed by atoms with E-state index < -0.39 is 0 Å². The van der Waals surface area contributed by atoms with E-state index in [0.717, 1.165) is 5.82 Å². The summed E-state index contributed by atoms with van der Waals surface area (Å²) < 4.78 is 5.72. The summed E-state index contributed by atoms with van der Waals surface area (Å²) in [5, 5.41) is 0. The Kier molecular flexibility index (Phi) is 2.82. The first kappa shape index (κ1) is 9.65. The minimum atomic E-state index is 0.572. The van der Waals surface area contributed by atoms with Crippen LogP contribution < -0.4 is 4.74 Å². The zero-order valence-corrected chi connectivity index (χ0v) is 9.06. The molecule has 1 aromatic heterocycles. The molecule has 2 rings (SSSR count). The van der Waals surface area contributed by atoms with Crippen molar-refractivity contribution in [3.05, 3.63) is 16.7 Å². The summed E-state index contributed by atoms with van der Waals surface area (Å²) in [7, 11) is 1.61. The van der Waals surface area contributed by atoms with Gasteiger partial charge in [0.2, 0.25) is 0 Å². The van der Waals surface area contributed by atoms with Gasteiger partial charge in [0.05, 0.1) is 13.3 Å². The molecule has 1 aromatic rings. The van der Waals surface area contributed by atoms with E-state index in [1.165, 1.54) is 25.7 Å². The van der Waals surface area contributed by atoms with Gasteiger partial charge < -0.3 is 9.72 Å². The van der Waals surface area contributed by atoms with E-state index in [-0.39, 0.29) is 0 Å². The van der Waals surface area contributed by atoms with E-state index in [1.54, 1.807) is 13.3 Å². The molecule has 1 N–H and O–H groups in total. The van der Waals surface area contributed by atoms with E-state index >= 15 is 0 Å². The molecule has 0 saturated heterocycles. The molecule has 1 aliphatic rings. The standard InChI is InChI=1S/C10H14N2OS/c1-13-8-6-11-9(12-10(8)14)7-4-2-3-5-7/h6-7H,2-5H2,1H3,(H,11,12,14). The molecule has 1 saturated carbocycles. The van der Waals surface area contributed by atoms with Crippen molar-refractivity contribution in [2.75, 3.05) is 7.11 Å². The van der Waals surface area contributed by atoms with E-state index in [0.29, 0.717) is 16.3 Å². The lowest BCUT2D eigenvalue weighted by Crippen LogP contribution is -2.01. The number of aromatic nitrogens is 2. The first-order valence-corrected chi connectivity index (χ1v) is 5.35. The lowest BCUT2D eigenvalue weighted by molar-refractivity contribution is 0.407. The van der Waals surface area contributed by atoms with Crippen molar-refractivity contribution in [1.29, 1.82) is 0 Å². The lowest BCUT2D eigenvalue weighted by atomic mass is 10.1. The largest absolute Gasteiger partial charge is 0.492 e. The minimum Gasteiger partial charge on any atom is -0.492 e. The molecule has 0 aromatic carbocycles. The molecule has 1 heterocycles. The Morgan fingerprint density at radius 3 is 2.79 bits per heavy atom. The zero-order chi connectivity index (χ0) is 9.97. The van der Waals surface area contributed by atoms with Crippen LogP contribution in [0.4, 0.5) is 0 Å². The summed E-state index contributed by atoms with van der Waals surface area (Å²) >= 11 is 5.15. The van der Waals surface area contributed by atoms with Gasteiger partial charge >= 0.3 is 0 Å². The van der Waals surface area contributed by atoms with Gasteiger partial charge in [-0.15, -0.1) is 0 Å². The molecule has 3 nitrogen and oxygen atoms in total. The van der Waals surface area contributed by atoms with Crippen LogP contribution in [-0.2, 0) is 0 Å². The van der Waals surface area contributed by atoms with Gasteiger partial charge in [-0.05, 0) is 12.8 Å². The Balaban J connectivity index is 2.27. The summed E-state index contributed by atoms with van der Waals surface area (Å²) in [6, 6.07) is 0. The van der Waals surface area contributed by atoms with Crippen LogP contribution in [0.25, 0.3) is 0 Å². The monoisotopic (exact) mass is 210 g/mol. The van der Waals surface area contributed by atoms with Crippen LogP contribution in [0.5, 0.6) is 5.75 Å². The highest BCUT2D eigenvalue weighted by Crippen LogP contribution is 2.32. The third kappa shape index (κ3) is 1.80. The van der Waals surface area contributed by atoms with Crippen molar-refractivity contribution in [3.8, 4) is 5.75 Å². The van der Waals surface area contributed by atoms with Crippen molar-refractivity contribution < 1.29 is 4.74 Å². The predicted octanol–water partition coefficient (Wildman–Crippen LogP) is 2.81. The summed E-state index contributed by atoms with van der Waals surface area (Å²) in [6.07, 6.45) is 6.78. The Hall–Kier alpha value is -0.900. The number of hydrogen-bond acceptors (Lipinski definition) is 3. The molecule has 0 aliphatic heterocycles. The van der Waals surface area contributed by atoms with Crippen molar-refractivity contribution in [2.24, 2.45) is 0 Å². The summed E-state index contributed by atoms with van der Waals surface area (Å²) in [5.41, 5.74) is 0. The van der Waals surface area contributed by atoms with Gasteiger partial charge in [-0.1, -0.05) is 25.1 Å². The molecule has 0 radical (unpaired) electrons. The predicted molar refractivity (Wildman–Crippen MR) is 57.2 cm³/mol. The van der Waals surface area contributed by atoms with Crippen molar-refractivity contribution in [2.45, 2.75) is 31.6 Å². The fraction of sp³-hybridized carbons (Fsp3) is 0.600. The number of nitrogens with one attached hydrogen (secondary N) is 1. The van der Waals surface area contributed by atoms with E-state index in [1.807, 2.05) is 0 Å². The van der Waals surface area contributed by atoms with Crippen LogP contribution in [0.15, 0.2) is 6.20 Å². The molecule has 0 spiro atoms. The second kappa shape index (κ2) is 4.09. The lowest BCUT2D eigenvalue weighted by Gasteiger charge is -2.08. The quantitative estimate of drug-likeness (QED) is 0.763. The molecule has 0 unspecified atom stereocenters. The van der Waals surface area contributed by atoms with Crippen molar-refractivity contribution in [3.63, 3.8) is 0 Å². The number of H-pyrrole nitrogens is 1. The zero-order valence-electron chi connectivity index (χ0n) is 8.25. The normalized spacial score (nSPS) is 17.2. The molecule has 76 valence electrons. The minimum absolute atomic E-state index is 0.572. The highest BCUT2D eigenvalue weighted by molar-refractivity contribution is 7.71. The van der Waals surface area contributed by atoms with Crippen LogP contribution in [0.2, 0.25) is 0 Å². The maximum atomic E-state index is 5.15. The maximum Gasteiger partial charge on any atom is 0.171 e. The number of ether oxygens (including phenoxy) is 1. The Labute approximate surface area is 88.5 Å². The SMILES string of the molecule is COc1cnc(C2CCCC2)[nH]c1=S. The van der Waals surface area contributed by atoms with Gasteiger partial charge in [0.15, 0.2) is 5.75 Å². The highest BCUT2D eigenvalue weighted by Gasteiger charge is 2.18. The number of methoxy groups -OCH3 is 1. The number of rotatable bonds is 2.